The maximum atomic E-state index is 14.5. The van der Waals surface area contributed by atoms with Crippen LogP contribution in [0.4, 0.5) is 13.9 Å². The van der Waals surface area contributed by atoms with E-state index in [9.17, 15) is 13.6 Å². The summed E-state index contributed by atoms with van der Waals surface area (Å²) in [6.45, 7) is 3.05. The predicted molar refractivity (Wildman–Crippen MR) is 111 cm³/mol. The van der Waals surface area contributed by atoms with Crippen molar-refractivity contribution in [3.8, 4) is 17.0 Å². The summed E-state index contributed by atoms with van der Waals surface area (Å²) in [7, 11) is 0. The molecule has 0 spiro atoms. The van der Waals surface area contributed by atoms with Crippen LogP contribution in [0.3, 0.4) is 0 Å². The van der Waals surface area contributed by atoms with E-state index < -0.39 is 17.6 Å². The molecule has 6 nitrogen and oxygen atoms in total. The molecule has 2 heterocycles. The van der Waals surface area contributed by atoms with Gasteiger partial charge in [0.25, 0.3) is 0 Å². The van der Waals surface area contributed by atoms with Crippen LogP contribution in [0, 0.1) is 11.6 Å². The van der Waals surface area contributed by atoms with Crippen LogP contribution in [0.25, 0.3) is 11.3 Å². The van der Waals surface area contributed by atoms with E-state index in [1.54, 1.807) is 0 Å². The average Bonchev–Trinajstić information content (AvgIpc) is 3.23. The average molecular weight is 441 g/mol. The first kappa shape index (κ1) is 22.4. The number of aromatic nitrogens is 1. The molecule has 1 aliphatic heterocycles. The van der Waals surface area contributed by atoms with Crippen LogP contribution in [0.5, 0.6) is 5.75 Å². The van der Waals surface area contributed by atoms with Gasteiger partial charge in [-0.15, -0.1) is 11.3 Å². The molecule has 0 radical (unpaired) electrons. The normalized spacial score (nSPS) is 14.1. The number of carboxylic acids is 1. The number of carbonyl (C=O) groups is 1. The molecule has 1 saturated heterocycles. The number of unbranched alkanes of at least 4 members (excludes halogenated alkanes) is 4. The summed E-state index contributed by atoms with van der Waals surface area (Å²) in [5.74, 6) is -2.85. The number of hydrogen-bond donors (Lipinski definition) is 1. The Morgan fingerprint density at radius 2 is 1.90 bits per heavy atom. The molecule has 0 amide bonds. The Hall–Kier alpha value is -2.26. The van der Waals surface area contributed by atoms with Gasteiger partial charge >= 0.3 is 5.97 Å². The van der Waals surface area contributed by atoms with Crippen LogP contribution in [-0.2, 0) is 9.53 Å². The second-order valence-electron chi connectivity index (χ2n) is 7.11. The van der Waals surface area contributed by atoms with Crippen molar-refractivity contribution >= 4 is 22.4 Å². The minimum Gasteiger partial charge on any atom is -0.490 e. The molecule has 3 rings (SSSR count). The van der Waals surface area contributed by atoms with Crippen molar-refractivity contribution in [3.63, 3.8) is 0 Å². The number of benzene rings is 1. The standard InChI is InChI=1S/C21H26F2N2O4S/c22-16-8-7-15(17-14-30-21(24-17)25-9-12-28-13-10-25)20(19(16)23)29-11-5-3-1-2-4-6-18(26)27/h7-8,14H,1-6,9-13H2,(H,26,27). The fourth-order valence-corrected chi connectivity index (χ4v) is 4.12. The van der Waals surface area contributed by atoms with Crippen molar-refractivity contribution < 1.29 is 28.2 Å². The predicted octanol–water partition coefficient (Wildman–Crippen LogP) is 4.73. The zero-order chi connectivity index (χ0) is 21.3. The minimum atomic E-state index is -1.00. The number of rotatable bonds is 11. The molecule has 1 fully saturated rings. The SMILES string of the molecule is O=C(O)CCCCCCCOc1c(-c2csc(N3CCOCC3)n2)ccc(F)c1F. The first-order valence-electron chi connectivity index (χ1n) is 10.2. The minimum absolute atomic E-state index is 0.111. The number of nitrogens with zero attached hydrogens (tertiary/aromatic N) is 2. The number of morpholine rings is 1. The van der Waals surface area contributed by atoms with Crippen LogP contribution in [-0.4, -0.2) is 49.0 Å². The molecule has 0 atom stereocenters. The maximum absolute atomic E-state index is 14.5. The van der Waals surface area contributed by atoms with Gasteiger partial charge in [0.05, 0.1) is 25.5 Å². The van der Waals surface area contributed by atoms with E-state index in [4.69, 9.17) is 14.6 Å². The van der Waals surface area contributed by atoms with Crippen LogP contribution >= 0.6 is 11.3 Å². The van der Waals surface area contributed by atoms with Gasteiger partial charge in [-0.2, -0.15) is 4.39 Å². The third-order valence-electron chi connectivity index (χ3n) is 4.88. The van der Waals surface area contributed by atoms with Crippen molar-refractivity contribution in [1.29, 1.82) is 0 Å². The van der Waals surface area contributed by atoms with E-state index in [-0.39, 0.29) is 18.8 Å². The Labute approximate surface area is 178 Å². The molecule has 9 heteroatoms. The molecule has 0 saturated carbocycles. The summed E-state index contributed by atoms with van der Waals surface area (Å²) < 4.78 is 39.2. The number of aliphatic carboxylic acids is 1. The molecule has 1 aromatic heterocycles. The molecule has 2 aromatic rings. The van der Waals surface area contributed by atoms with Crippen molar-refractivity contribution in [2.24, 2.45) is 0 Å². The summed E-state index contributed by atoms with van der Waals surface area (Å²) >= 11 is 1.46. The van der Waals surface area contributed by atoms with Gasteiger partial charge in [0.2, 0.25) is 5.82 Å². The zero-order valence-electron chi connectivity index (χ0n) is 16.7. The maximum Gasteiger partial charge on any atom is 0.303 e. The van der Waals surface area contributed by atoms with E-state index in [0.717, 1.165) is 43.5 Å². The highest BCUT2D eigenvalue weighted by atomic mass is 32.1. The van der Waals surface area contributed by atoms with Gasteiger partial charge in [-0.05, 0) is 25.0 Å². The van der Waals surface area contributed by atoms with Gasteiger partial charge in [0.1, 0.15) is 0 Å². The zero-order valence-corrected chi connectivity index (χ0v) is 17.6. The second kappa shape index (κ2) is 11.2. The topological polar surface area (TPSA) is 71.9 Å². The first-order valence-corrected chi connectivity index (χ1v) is 11.1. The molecule has 164 valence electrons. The highest BCUT2D eigenvalue weighted by Crippen LogP contribution is 2.36. The van der Waals surface area contributed by atoms with Crippen LogP contribution in [0.1, 0.15) is 38.5 Å². The number of halogens is 2. The van der Waals surface area contributed by atoms with Crippen molar-refractivity contribution in [3.05, 3.63) is 29.1 Å². The lowest BCUT2D eigenvalue weighted by atomic mass is 10.1. The van der Waals surface area contributed by atoms with Gasteiger partial charge < -0.3 is 19.5 Å². The molecular formula is C21H26F2N2O4S. The molecule has 1 N–H and O–H groups in total. The van der Waals surface area contributed by atoms with Gasteiger partial charge in [0, 0.05) is 30.5 Å². The molecule has 0 bridgehead atoms. The highest BCUT2D eigenvalue weighted by Gasteiger charge is 2.20. The van der Waals surface area contributed by atoms with Gasteiger partial charge in [0.15, 0.2) is 16.7 Å². The number of carboxylic acid groups (broad SMARTS) is 1. The number of ether oxygens (including phenoxy) is 2. The van der Waals surface area contributed by atoms with Gasteiger partial charge in [-0.3, -0.25) is 4.79 Å². The first-order chi connectivity index (χ1) is 14.6. The Bertz CT molecular complexity index is 840. The molecule has 1 aromatic carbocycles. The van der Waals surface area contributed by atoms with Gasteiger partial charge in [-0.25, -0.2) is 9.37 Å². The summed E-state index contributed by atoms with van der Waals surface area (Å²) in [5, 5.41) is 11.3. The summed E-state index contributed by atoms with van der Waals surface area (Å²) in [5.41, 5.74) is 0.996. The largest absolute Gasteiger partial charge is 0.490 e. The van der Waals surface area contributed by atoms with Crippen molar-refractivity contribution in [1.82, 2.24) is 4.98 Å². The monoisotopic (exact) mass is 440 g/mol. The quantitative estimate of drug-likeness (QED) is 0.510. The summed E-state index contributed by atoms with van der Waals surface area (Å²) in [6.07, 6.45) is 4.05. The number of anilines is 1. The third-order valence-corrected chi connectivity index (χ3v) is 5.78. The Balaban J connectivity index is 1.59. The Morgan fingerprint density at radius 3 is 2.67 bits per heavy atom. The lowest BCUT2D eigenvalue weighted by molar-refractivity contribution is -0.137. The van der Waals surface area contributed by atoms with Gasteiger partial charge in [-0.1, -0.05) is 19.3 Å². The lowest BCUT2D eigenvalue weighted by Crippen LogP contribution is -2.36. The van der Waals surface area contributed by atoms with E-state index >= 15 is 0 Å². The van der Waals surface area contributed by atoms with E-state index in [1.165, 1.54) is 17.4 Å². The Morgan fingerprint density at radius 1 is 1.17 bits per heavy atom. The fourth-order valence-electron chi connectivity index (χ4n) is 3.25. The summed E-state index contributed by atoms with van der Waals surface area (Å²) in [6, 6.07) is 2.59. The third kappa shape index (κ3) is 6.12. The van der Waals surface area contributed by atoms with E-state index in [2.05, 4.69) is 9.88 Å². The highest BCUT2D eigenvalue weighted by molar-refractivity contribution is 7.14. The summed E-state index contributed by atoms with van der Waals surface area (Å²) in [4.78, 5) is 17.2. The lowest BCUT2D eigenvalue weighted by Gasteiger charge is -2.26. The Kier molecular flexibility index (Phi) is 8.39. The number of hydrogen-bond acceptors (Lipinski definition) is 6. The van der Waals surface area contributed by atoms with Crippen molar-refractivity contribution in [2.45, 2.75) is 38.5 Å². The molecule has 0 aliphatic carbocycles. The smallest absolute Gasteiger partial charge is 0.303 e. The van der Waals surface area contributed by atoms with Crippen LogP contribution < -0.4 is 9.64 Å². The fraction of sp³-hybridized carbons (Fsp3) is 0.524. The molecule has 1 aliphatic rings. The van der Waals surface area contributed by atoms with E-state index in [0.29, 0.717) is 37.3 Å². The number of thiazole rings is 1. The van der Waals surface area contributed by atoms with Crippen LogP contribution in [0.2, 0.25) is 0 Å². The van der Waals surface area contributed by atoms with E-state index in [1.807, 2.05) is 5.38 Å². The van der Waals surface area contributed by atoms with Crippen molar-refractivity contribution in [2.75, 3.05) is 37.8 Å². The molecule has 0 unspecified atom stereocenters. The molecule has 30 heavy (non-hydrogen) atoms. The second-order valence-corrected chi connectivity index (χ2v) is 7.95. The molecular weight excluding hydrogens is 414 g/mol. The van der Waals surface area contributed by atoms with Crippen LogP contribution in [0.15, 0.2) is 17.5 Å².